The van der Waals surface area contributed by atoms with Gasteiger partial charge in [0.25, 0.3) is 0 Å². The van der Waals surface area contributed by atoms with E-state index in [1.54, 1.807) is 13.2 Å². The fourth-order valence-corrected chi connectivity index (χ4v) is 2.22. The highest BCUT2D eigenvalue weighted by Gasteiger charge is 2.25. The molecular formula is C16H24ClFN2O3. The Hall–Kier alpha value is -1.37. The van der Waals surface area contributed by atoms with Crippen LogP contribution in [0.15, 0.2) is 18.2 Å². The number of halogens is 2. The van der Waals surface area contributed by atoms with Crippen molar-refractivity contribution in [2.75, 3.05) is 20.3 Å². The summed E-state index contributed by atoms with van der Waals surface area (Å²) in [7, 11) is 1.59. The van der Waals surface area contributed by atoms with Gasteiger partial charge in [0.2, 0.25) is 0 Å². The van der Waals surface area contributed by atoms with Gasteiger partial charge in [-0.3, -0.25) is 0 Å². The van der Waals surface area contributed by atoms with Gasteiger partial charge in [-0.2, -0.15) is 0 Å². The van der Waals surface area contributed by atoms with Crippen LogP contribution in [-0.4, -0.2) is 37.5 Å². The van der Waals surface area contributed by atoms with Gasteiger partial charge in [0.05, 0.1) is 23.8 Å². The summed E-state index contributed by atoms with van der Waals surface area (Å²) in [5.41, 5.74) is 0.307. The monoisotopic (exact) mass is 346 g/mol. The molecule has 2 amide bonds. The Labute approximate surface area is 141 Å². The molecule has 0 fully saturated rings. The number of hydrogen-bond acceptors (Lipinski definition) is 3. The number of ether oxygens (including phenoxy) is 1. The number of benzene rings is 1. The highest BCUT2D eigenvalue weighted by Crippen LogP contribution is 2.21. The van der Waals surface area contributed by atoms with E-state index in [-0.39, 0.29) is 23.1 Å². The average molecular weight is 347 g/mol. The van der Waals surface area contributed by atoms with Gasteiger partial charge >= 0.3 is 6.03 Å². The molecule has 0 saturated carbocycles. The normalized spacial score (nSPS) is 14.2. The summed E-state index contributed by atoms with van der Waals surface area (Å²) in [5, 5.41) is 14.7. The predicted octanol–water partition coefficient (Wildman–Crippen LogP) is 2.87. The SMILES string of the molecule is COC(CNC(=O)NC(CO)c1ccc(Cl)c(F)c1)C(C)(C)C. The first-order chi connectivity index (χ1) is 10.7. The molecule has 130 valence electrons. The summed E-state index contributed by atoms with van der Waals surface area (Å²) in [5.74, 6) is -0.600. The molecule has 0 bridgehead atoms. The van der Waals surface area contributed by atoms with E-state index in [2.05, 4.69) is 10.6 Å². The minimum absolute atomic E-state index is 0.0111. The van der Waals surface area contributed by atoms with Gasteiger partial charge in [0, 0.05) is 13.7 Å². The van der Waals surface area contributed by atoms with Crippen molar-refractivity contribution in [1.82, 2.24) is 10.6 Å². The van der Waals surface area contributed by atoms with Gasteiger partial charge < -0.3 is 20.5 Å². The van der Waals surface area contributed by atoms with E-state index in [4.69, 9.17) is 16.3 Å². The average Bonchev–Trinajstić information content (AvgIpc) is 2.47. The second-order valence-electron chi connectivity index (χ2n) is 6.35. The lowest BCUT2D eigenvalue weighted by Crippen LogP contribution is -2.45. The third kappa shape index (κ3) is 5.97. The molecule has 0 spiro atoms. The van der Waals surface area contributed by atoms with Crippen LogP contribution in [0.5, 0.6) is 0 Å². The number of carbonyl (C=O) groups is 1. The molecule has 0 radical (unpaired) electrons. The van der Waals surface area contributed by atoms with E-state index < -0.39 is 17.9 Å². The smallest absolute Gasteiger partial charge is 0.315 e. The van der Waals surface area contributed by atoms with Crippen LogP contribution in [0, 0.1) is 11.2 Å². The lowest BCUT2D eigenvalue weighted by molar-refractivity contribution is 0.0193. The van der Waals surface area contributed by atoms with E-state index >= 15 is 0 Å². The van der Waals surface area contributed by atoms with Crippen molar-refractivity contribution < 1.29 is 19.0 Å². The van der Waals surface area contributed by atoms with Gasteiger partial charge in [0.1, 0.15) is 5.82 Å². The van der Waals surface area contributed by atoms with Crippen molar-refractivity contribution in [1.29, 1.82) is 0 Å². The first-order valence-corrected chi connectivity index (χ1v) is 7.69. The quantitative estimate of drug-likeness (QED) is 0.741. The Morgan fingerprint density at radius 3 is 2.57 bits per heavy atom. The largest absolute Gasteiger partial charge is 0.394 e. The molecule has 1 aromatic carbocycles. The van der Waals surface area contributed by atoms with Crippen LogP contribution in [-0.2, 0) is 4.74 Å². The number of nitrogens with one attached hydrogen (secondary N) is 2. The maximum Gasteiger partial charge on any atom is 0.315 e. The summed E-state index contributed by atoms with van der Waals surface area (Å²) < 4.78 is 18.8. The first kappa shape index (κ1) is 19.7. The molecule has 1 rings (SSSR count). The van der Waals surface area contributed by atoms with Crippen LogP contribution in [0.4, 0.5) is 9.18 Å². The molecule has 2 unspecified atom stereocenters. The highest BCUT2D eigenvalue weighted by molar-refractivity contribution is 6.30. The standard InChI is InChI=1S/C16H24ClFN2O3/c1-16(2,3)14(23-4)8-19-15(22)20-13(9-21)10-5-6-11(17)12(18)7-10/h5-7,13-14,21H,8-9H2,1-4H3,(H2,19,20,22). The van der Waals surface area contributed by atoms with Gasteiger partial charge in [-0.05, 0) is 23.1 Å². The maximum absolute atomic E-state index is 13.5. The summed E-state index contributed by atoms with van der Waals surface area (Å²) in [6.45, 7) is 5.98. The molecule has 3 N–H and O–H groups in total. The van der Waals surface area contributed by atoms with Crippen LogP contribution >= 0.6 is 11.6 Å². The fourth-order valence-electron chi connectivity index (χ4n) is 2.10. The Bertz CT molecular complexity index is 535. The van der Waals surface area contributed by atoms with Crippen molar-refractivity contribution in [3.05, 3.63) is 34.6 Å². The van der Waals surface area contributed by atoms with Crippen LogP contribution in [0.1, 0.15) is 32.4 Å². The van der Waals surface area contributed by atoms with Crippen molar-refractivity contribution in [2.24, 2.45) is 5.41 Å². The third-order valence-corrected chi connectivity index (χ3v) is 3.84. The van der Waals surface area contributed by atoms with Crippen molar-refractivity contribution >= 4 is 17.6 Å². The third-order valence-electron chi connectivity index (χ3n) is 3.53. The molecule has 1 aromatic rings. The Morgan fingerprint density at radius 1 is 1.43 bits per heavy atom. The molecule has 7 heteroatoms. The summed E-state index contributed by atoms with van der Waals surface area (Å²) in [6, 6.07) is 2.94. The highest BCUT2D eigenvalue weighted by atomic mass is 35.5. The van der Waals surface area contributed by atoms with E-state index in [0.717, 1.165) is 0 Å². The Balaban J connectivity index is 2.65. The fraction of sp³-hybridized carbons (Fsp3) is 0.562. The van der Waals surface area contributed by atoms with E-state index in [0.29, 0.717) is 12.1 Å². The topological polar surface area (TPSA) is 70.6 Å². The number of hydrogen-bond donors (Lipinski definition) is 3. The molecule has 0 aliphatic carbocycles. The second-order valence-corrected chi connectivity index (χ2v) is 6.76. The number of urea groups is 1. The number of methoxy groups -OCH3 is 1. The van der Waals surface area contributed by atoms with Gasteiger partial charge in [0.15, 0.2) is 0 Å². The van der Waals surface area contributed by atoms with Gasteiger partial charge in [-0.15, -0.1) is 0 Å². The van der Waals surface area contributed by atoms with Crippen LogP contribution in [0.3, 0.4) is 0 Å². The molecule has 2 atom stereocenters. The van der Waals surface area contributed by atoms with E-state index in [9.17, 15) is 14.3 Å². The van der Waals surface area contributed by atoms with Gasteiger partial charge in [-0.25, -0.2) is 9.18 Å². The molecular weight excluding hydrogens is 323 g/mol. The van der Waals surface area contributed by atoms with Crippen LogP contribution < -0.4 is 10.6 Å². The lowest BCUT2D eigenvalue weighted by atomic mass is 9.89. The first-order valence-electron chi connectivity index (χ1n) is 7.32. The number of aliphatic hydroxyl groups is 1. The number of rotatable bonds is 6. The van der Waals surface area contributed by atoms with E-state index in [1.165, 1.54) is 12.1 Å². The maximum atomic E-state index is 13.5. The zero-order chi connectivity index (χ0) is 17.6. The second kappa shape index (κ2) is 8.47. The van der Waals surface area contributed by atoms with Crippen LogP contribution in [0.2, 0.25) is 5.02 Å². The number of carbonyl (C=O) groups excluding carboxylic acids is 1. The zero-order valence-electron chi connectivity index (χ0n) is 13.8. The molecule has 5 nitrogen and oxygen atoms in total. The van der Waals surface area contributed by atoms with Gasteiger partial charge in [-0.1, -0.05) is 38.4 Å². The predicted molar refractivity (Wildman–Crippen MR) is 88.0 cm³/mol. The summed E-state index contributed by atoms with van der Waals surface area (Å²) in [4.78, 5) is 12.0. The summed E-state index contributed by atoms with van der Waals surface area (Å²) >= 11 is 5.63. The molecule has 0 saturated heterocycles. The van der Waals surface area contributed by atoms with Crippen LogP contribution in [0.25, 0.3) is 0 Å². The lowest BCUT2D eigenvalue weighted by Gasteiger charge is -2.29. The molecule has 0 aliphatic heterocycles. The molecule has 0 aromatic heterocycles. The molecule has 0 heterocycles. The minimum atomic E-state index is -0.725. The Morgan fingerprint density at radius 2 is 2.09 bits per heavy atom. The number of aliphatic hydroxyl groups excluding tert-OH is 1. The molecule has 23 heavy (non-hydrogen) atoms. The van der Waals surface area contributed by atoms with E-state index in [1.807, 2.05) is 20.8 Å². The Kier molecular flexibility index (Phi) is 7.25. The summed E-state index contributed by atoms with van der Waals surface area (Å²) in [6.07, 6.45) is -0.159. The van der Waals surface area contributed by atoms with Crippen molar-refractivity contribution in [3.63, 3.8) is 0 Å². The zero-order valence-corrected chi connectivity index (χ0v) is 14.6. The number of amides is 2. The minimum Gasteiger partial charge on any atom is -0.394 e. The van der Waals surface area contributed by atoms with Crippen molar-refractivity contribution in [3.8, 4) is 0 Å². The van der Waals surface area contributed by atoms with Crippen molar-refractivity contribution in [2.45, 2.75) is 32.9 Å². The molecule has 0 aliphatic rings.